The molecule has 0 spiro atoms. The van der Waals surface area contributed by atoms with Crippen LogP contribution in [0.25, 0.3) is 0 Å². The van der Waals surface area contributed by atoms with Crippen molar-refractivity contribution in [2.24, 2.45) is 0 Å². The molecule has 1 N–H and O–H groups in total. The lowest BCUT2D eigenvalue weighted by Crippen LogP contribution is -2.31. The van der Waals surface area contributed by atoms with E-state index >= 15 is 0 Å². The number of furan rings is 1. The number of ether oxygens (including phenoxy) is 2. The summed E-state index contributed by atoms with van der Waals surface area (Å²) in [6, 6.07) is 5.41. The molecule has 7 heteroatoms. The molecule has 1 amide bonds. The van der Waals surface area contributed by atoms with E-state index in [9.17, 15) is 9.59 Å². The van der Waals surface area contributed by atoms with Gasteiger partial charge in [-0.2, -0.15) is 0 Å². The predicted molar refractivity (Wildman–Crippen MR) is 97.3 cm³/mol. The van der Waals surface area contributed by atoms with E-state index in [-0.39, 0.29) is 24.1 Å². The molecule has 1 aromatic carbocycles. The number of hydrogen-bond acceptors (Lipinski definition) is 5. The molecule has 144 valence electrons. The SMILES string of the molecule is COc1ccc(C2CCCN2C(=O)c2c(C)coc2CC(=O)O)c(OC)c1. The minimum atomic E-state index is -1.03. The highest BCUT2D eigenvalue weighted by atomic mass is 16.5. The number of carboxylic acid groups (broad SMARTS) is 1. The molecule has 1 fully saturated rings. The number of rotatable bonds is 6. The van der Waals surface area contributed by atoms with Crippen LogP contribution in [-0.4, -0.2) is 42.6 Å². The lowest BCUT2D eigenvalue weighted by Gasteiger charge is -2.27. The van der Waals surface area contributed by atoms with Gasteiger partial charge in [-0.1, -0.05) is 0 Å². The summed E-state index contributed by atoms with van der Waals surface area (Å²) >= 11 is 0. The molecule has 1 atom stereocenters. The van der Waals surface area contributed by atoms with Crippen LogP contribution in [0, 0.1) is 6.92 Å². The van der Waals surface area contributed by atoms with Gasteiger partial charge in [-0.15, -0.1) is 0 Å². The highest BCUT2D eigenvalue weighted by Gasteiger charge is 2.35. The van der Waals surface area contributed by atoms with Crippen LogP contribution in [0.15, 0.2) is 28.9 Å². The molecule has 7 nitrogen and oxygen atoms in total. The zero-order chi connectivity index (χ0) is 19.6. The van der Waals surface area contributed by atoms with E-state index in [0.717, 1.165) is 18.4 Å². The van der Waals surface area contributed by atoms with Crippen LogP contribution < -0.4 is 9.47 Å². The van der Waals surface area contributed by atoms with Gasteiger partial charge in [0.1, 0.15) is 23.7 Å². The van der Waals surface area contributed by atoms with Crippen LogP contribution >= 0.6 is 0 Å². The molecule has 0 radical (unpaired) electrons. The smallest absolute Gasteiger partial charge is 0.311 e. The number of carbonyl (C=O) groups is 2. The van der Waals surface area contributed by atoms with Gasteiger partial charge >= 0.3 is 5.97 Å². The molecular formula is C20H23NO6. The van der Waals surface area contributed by atoms with Crippen LogP contribution in [-0.2, 0) is 11.2 Å². The number of amides is 1. The van der Waals surface area contributed by atoms with Gasteiger partial charge in [0.15, 0.2) is 0 Å². The fraction of sp³-hybridized carbons (Fsp3) is 0.400. The van der Waals surface area contributed by atoms with Crippen molar-refractivity contribution in [1.82, 2.24) is 4.90 Å². The first-order valence-corrected chi connectivity index (χ1v) is 8.78. The highest BCUT2D eigenvalue weighted by Crippen LogP contribution is 2.40. The Labute approximate surface area is 157 Å². The summed E-state index contributed by atoms with van der Waals surface area (Å²) in [6.07, 6.45) is 2.78. The third kappa shape index (κ3) is 3.63. The van der Waals surface area contributed by atoms with Crippen molar-refractivity contribution in [1.29, 1.82) is 0 Å². The number of carbonyl (C=O) groups excluding carboxylic acids is 1. The number of likely N-dealkylation sites (tertiary alicyclic amines) is 1. The Balaban J connectivity index is 1.95. The monoisotopic (exact) mass is 373 g/mol. The number of carboxylic acids is 1. The number of methoxy groups -OCH3 is 2. The normalized spacial score (nSPS) is 16.4. The van der Waals surface area contributed by atoms with E-state index in [0.29, 0.717) is 29.2 Å². The molecule has 1 aromatic heterocycles. The molecule has 2 heterocycles. The van der Waals surface area contributed by atoms with Crippen LogP contribution in [0.3, 0.4) is 0 Å². The molecule has 2 aromatic rings. The Morgan fingerprint density at radius 3 is 2.74 bits per heavy atom. The van der Waals surface area contributed by atoms with Crippen molar-refractivity contribution in [3.05, 3.63) is 46.9 Å². The van der Waals surface area contributed by atoms with Crippen LogP contribution in [0.5, 0.6) is 11.5 Å². The number of aryl methyl sites for hydroxylation is 1. The van der Waals surface area contributed by atoms with Gasteiger partial charge in [0.25, 0.3) is 5.91 Å². The third-order valence-corrected chi connectivity index (χ3v) is 4.89. The molecular weight excluding hydrogens is 350 g/mol. The quantitative estimate of drug-likeness (QED) is 0.836. The van der Waals surface area contributed by atoms with Gasteiger partial charge in [-0.3, -0.25) is 9.59 Å². The lowest BCUT2D eigenvalue weighted by molar-refractivity contribution is -0.136. The third-order valence-electron chi connectivity index (χ3n) is 4.89. The predicted octanol–water partition coefficient (Wildman–Crippen LogP) is 3.21. The van der Waals surface area contributed by atoms with Crippen LogP contribution in [0.4, 0.5) is 0 Å². The van der Waals surface area contributed by atoms with Gasteiger partial charge in [0.05, 0.1) is 32.1 Å². The van der Waals surface area contributed by atoms with E-state index in [1.807, 2.05) is 12.1 Å². The topological polar surface area (TPSA) is 89.2 Å². The first-order valence-electron chi connectivity index (χ1n) is 8.78. The maximum Gasteiger partial charge on any atom is 0.311 e. The summed E-state index contributed by atoms with van der Waals surface area (Å²) in [6.45, 7) is 2.34. The number of nitrogens with zero attached hydrogens (tertiary/aromatic N) is 1. The molecule has 0 bridgehead atoms. The van der Waals surface area contributed by atoms with Gasteiger partial charge in [0, 0.05) is 23.7 Å². The average Bonchev–Trinajstić information content (AvgIpc) is 3.27. The van der Waals surface area contributed by atoms with Gasteiger partial charge in [-0.05, 0) is 31.9 Å². The van der Waals surface area contributed by atoms with E-state index in [1.54, 1.807) is 32.1 Å². The Morgan fingerprint density at radius 2 is 2.07 bits per heavy atom. The molecule has 3 rings (SSSR count). The Kier molecular flexibility index (Phi) is 5.39. The van der Waals surface area contributed by atoms with E-state index in [1.165, 1.54) is 6.26 Å². The number of benzene rings is 1. The van der Waals surface area contributed by atoms with Gasteiger partial charge in [0.2, 0.25) is 0 Å². The van der Waals surface area contributed by atoms with Crippen LogP contribution in [0.2, 0.25) is 0 Å². The molecule has 1 saturated heterocycles. The lowest BCUT2D eigenvalue weighted by atomic mass is 10.0. The Bertz CT molecular complexity index is 856. The number of hydrogen-bond donors (Lipinski definition) is 1. The highest BCUT2D eigenvalue weighted by molar-refractivity contribution is 5.98. The van der Waals surface area contributed by atoms with Crippen molar-refractivity contribution in [2.75, 3.05) is 20.8 Å². The number of aliphatic carboxylic acids is 1. The summed E-state index contributed by atoms with van der Waals surface area (Å²) in [4.78, 5) is 26.1. The fourth-order valence-electron chi connectivity index (χ4n) is 3.62. The molecule has 27 heavy (non-hydrogen) atoms. The fourth-order valence-corrected chi connectivity index (χ4v) is 3.62. The summed E-state index contributed by atoms with van der Waals surface area (Å²) in [5.74, 6) is 0.290. The maximum atomic E-state index is 13.2. The van der Waals surface area contributed by atoms with Crippen molar-refractivity contribution < 1.29 is 28.6 Å². The summed E-state index contributed by atoms with van der Waals surface area (Å²) < 4.78 is 16.1. The summed E-state index contributed by atoms with van der Waals surface area (Å²) in [5, 5.41) is 9.08. The molecule has 1 unspecified atom stereocenters. The first kappa shape index (κ1) is 18.8. The minimum Gasteiger partial charge on any atom is -0.497 e. The first-order chi connectivity index (χ1) is 13.0. The zero-order valence-electron chi connectivity index (χ0n) is 15.7. The standard InChI is InChI=1S/C20H23NO6/c1-12-11-27-17(10-18(22)23)19(12)20(24)21-8-4-5-15(21)14-7-6-13(25-2)9-16(14)26-3/h6-7,9,11,15H,4-5,8,10H2,1-3H3,(H,22,23). The molecule has 1 aliphatic heterocycles. The van der Waals surface area contributed by atoms with Crippen molar-refractivity contribution >= 4 is 11.9 Å². The second kappa shape index (κ2) is 7.73. The maximum absolute atomic E-state index is 13.2. The average molecular weight is 373 g/mol. The Morgan fingerprint density at radius 1 is 1.30 bits per heavy atom. The Hall–Kier alpha value is -2.96. The zero-order valence-corrected chi connectivity index (χ0v) is 15.7. The minimum absolute atomic E-state index is 0.148. The van der Waals surface area contributed by atoms with E-state index in [2.05, 4.69) is 0 Å². The van der Waals surface area contributed by atoms with Crippen molar-refractivity contribution in [3.63, 3.8) is 0 Å². The van der Waals surface area contributed by atoms with E-state index < -0.39 is 5.97 Å². The van der Waals surface area contributed by atoms with Crippen molar-refractivity contribution in [3.8, 4) is 11.5 Å². The second-order valence-corrected chi connectivity index (χ2v) is 6.55. The van der Waals surface area contributed by atoms with Crippen molar-refractivity contribution in [2.45, 2.75) is 32.2 Å². The largest absolute Gasteiger partial charge is 0.497 e. The molecule has 0 saturated carbocycles. The van der Waals surface area contributed by atoms with Crippen LogP contribution in [0.1, 0.15) is 46.1 Å². The van der Waals surface area contributed by atoms with Gasteiger partial charge in [-0.25, -0.2) is 0 Å². The van der Waals surface area contributed by atoms with E-state index in [4.69, 9.17) is 19.0 Å². The summed E-state index contributed by atoms with van der Waals surface area (Å²) in [7, 11) is 3.18. The summed E-state index contributed by atoms with van der Waals surface area (Å²) in [5.41, 5.74) is 1.89. The molecule has 1 aliphatic rings. The second-order valence-electron chi connectivity index (χ2n) is 6.55. The molecule has 0 aliphatic carbocycles. The van der Waals surface area contributed by atoms with Gasteiger partial charge < -0.3 is 23.9 Å².